The van der Waals surface area contributed by atoms with Crippen LogP contribution >= 0.6 is 12.4 Å². The Hall–Kier alpha value is -2.20. The number of piperidine rings is 1. The molecule has 1 amide bonds. The zero-order chi connectivity index (χ0) is 18.4. The summed E-state index contributed by atoms with van der Waals surface area (Å²) in [5, 5.41) is 0. The van der Waals surface area contributed by atoms with Gasteiger partial charge in [-0.3, -0.25) is 4.79 Å². The van der Waals surface area contributed by atoms with Gasteiger partial charge in [-0.15, -0.1) is 12.4 Å². The van der Waals surface area contributed by atoms with E-state index in [1.54, 1.807) is 7.11 Å². The number of carbonyl (C=O) groups is 1. The summed E-state index contributed by atoms with van der Waals surface area (Å²) in [7, 11) is 1.72. The maximum absolute atomic E-state index is 12.5. The number of benzene rings is 2. The molecule has 0 bridgehead atoms. The van der Waals surface area contributed by atoms with Crippen molar-refractivity contribution in [2.45, 2.75) is 32.1 Å². The van der Waals surface area contributed by atoms with Crippen LogP contribution in [0, 0.1) is 5.92 Å². The number of amides is 1. The number of methoxy groups -OCH3 is 1. The second-order valence-corrected chi connectivity index (χ2v) is 7.04. The van der Waals surface area contributed by atoms with Crippen LogP contribution in [-0.2, 0) is 17.6 Å². The highest BCUT2D eigenvalue weighted by Gasteiger charge is 2.23. The fraction of sp³-hybridized carbons (Fsp3) is 0.409. The number of anilines is 1. The summed E-state index contributed by atoms with van der Waals surface area (Å²) in [5.74, 6) is 1.82. The standard InChI is InChI=1S/C22H28N2O2.ClH/c1-26-21-9-5-3-7-19(21)16-17-12-14-24(15-13-17)22(25)11-10-18-6-2-4-8-20(18)23;/h2-9,17H,10-16,23H2,1H3;1H. The van der Waals surface area contributed by atoms with Gasteiger partial charge in [0.25, 0.3) is 0 Å². The van der Waals surface area contributed by atoms with E-state index in [2.05, 4.69) is 12.1 Å². The number of nitrogen functional groups attached to an aromatic ring is 1. The van der Waals surface area contributed by atoms with E-state index >= 15 is 0 Å². The van der Waals surface area contributed by atoms with Crippen molar-refractivity contribution in [1.82, 2.24) is 4.90 Å². The van der Waals surface area contributed by atoms with E-state index in [4.69, 9.17) is 10.5 Å². The van der Waals surface area contributed by atoms with Crippen molar-refractivity contribution in [2.75, 3.05) is 25.9 Å². The average Bonchev–Trinajstić information content (AvgIpc) is 2.68. The van der Waals surface area contributed by atoms with Crippen LogP contribution in [0.15, 0.2) is 48.5 Å². The molecule has 0 radical (unpaired) electrons. The van der Waals surface area contributed by atoms with Crippen molar-refractivity contribution < 1.29 is 9.53 Å². The van der Waals surface area contributed by atoms with Crippen LogP contribution in [0.2, 0.25) is 0 Å². The van der Waals surface area contributed by atoms with E-state index in [1.165, 1.54) is 5.56 Å². The molecule has 2 N–H and O–H groups in total. The molecule has 2 aromatic carbocycles. The summed E-state index contributed by atoms with van der Waals surface area (Å²) >= 11 is 0. The van der Waals surface area contributed by atoms with Crippen molar-refractivity contribution in [3.8, 4) is 5.75 Å². The largest absolute Gasteiger partial charge is 0.496 e. The molecule has 0 atom stereocenters. The maximum atomic E-state index is 12.5. The Kier molecular flexibility index (Phi) is 7.99. The molecule has 5 heteroatoms. The van der Waals surface area contributed by atoms with E-state index in [9.17, 15) is 4.79 Å². The van der Waals surface area contributed by atoms with Gasteiger partial charge in [-0.05, 0) is 54.9 Å². The lowest BCUT2D eigenvalue weighted by Gasteiger charge is -2.32. The number of nitrogens with zero attached hydrogens (tertiary/aromatic N) is 1. The second kappa shape index (κ2) is 10.2. The summed E-state index contributed by atoms with van der Waals surface area (Å²) in [4.78, 5) is 14.5. The Bertz CT molecular complexity index is 743. The smallest absolute Gasteiger partial charge is 0.222 e. The van der Waals surface area contributed by atoms with E-state index < -0.39 is 0 Å². The number of hydrogen-bond acceptors (Lipinski definition) is 3. The SMILES string of the molecule is COc1ccccc1CC1CCN(C(=O)CCc2ccccc2N)CC1.Cl. The number of likely N-dealkylation sites (tertiary alicyclic amines) is 1. The molecule has 3 rings (SSSR count). The maximum Gasteiger partial charge on any atom is 0.222 e. The molecular weight excluding hydrogens is 360 g/mol. The third-order valence-electron chi connectivity index (χ3n) is 5.33. The molecule has 1 heterocycles. The molecule has 1 aliphatic rings. The van der Waals surface area contributed by atoms with Crippen molar-refractivity contribution >= 4 is 24.0 Å². The van der Waals surface area contributed by atoms with Crippen LogP contribution in [0.25, 0.3) is 0 Å². The van der Waals surface area contributed by atoms with Crippen molar-refractivity contribution in [1.29, 1.82) is 0 Å². The van der Waals surface area contributed by atoms with Gasteiger partial charge >= 0.3 is 0 Å². The minimum atomic E-state index is 0. The molecule has 0 unspecified atom stereocenters. The third-order valence-corrected chi connectivity index (χ3v) is 5.33. The zero-order valence-electron chi connectivity index (χ0n) is 15.9. The van der Waals surface area contributed by atoms with Crippen molar-refractivity contribution in [2.24, 2.45) is 5.92 Å². The average molecular weight is 389 g/mol. The third kappa shape index (κ3) is 5.64. The number of rotatable bonds is 6. The zero-order valence-corrected chi connectivity index (χ0v) is 16.7. The summed E-state index contributed by atoms with van der Waals surface area (Å²) in [6.45, 7) is 1.70. The quantitative estimate of drug-likeness (QED) is 0.757. The van der Waals surface area contributed by atoms with Gasteiger partial charge in [0.15, 0.2) is 0 Å². The molecule has 0 aromatic heterocycles. The number of aryl methyl sites for hydroxylation is 1. The van der Waals surface area contributed by atoms with Gasteiger partial charge in [0.2, 0.25) is 5.91 Å². The van der Waals surface area contributed by atoms with Crippen LogP contribution in [0.5, 0.6) is 5.75 Å². The highest BCUT2D eigenvalue weighted by atomic mass is 35.5. The Morgan fingerprint density at radius 1 is 1.07 bits per heavy atom. The fourth-order valence-corrected chi connectivity index (χ4v) is 3.73. The number of hydrogen-bond donors (Lipinski definition) is 1. The topological polar surface area (TPSA) is 55.6 Å². The van der Waals surface area contributed by atoms with E-state index in [0.29, 0.717) is 18.8 Å². The lowest BCUT2D eigenvalue weighted by Crippen LogP contribution is -2.39. The number of ether oxygens (including phenoxy) is 1. The van der Waals surface area contributed by atoms with Gasteiger partial charge < -0.3 is 15.4 Å². The monoisotopic (exact) mass is 388 g/mol. The van der Waals surface area contributed by atoms with Crippen LogP contribution in [0.4, 0.5) is 5.69 Å². The summed E-state index contributed by atoms with van der Waals surface area (Å²) < 4.78 is 5.46. The van der Waals surface area contributed by atoms with Gasteiger partial charge in [-0.25, -0.2) is 0 Å². The van der Waals surface area contributed by atoms with Crippen LogP contribution in [0.1, 0.15) is 30.4 Å². The predicted molar refractivity (Wildman–Crippen MR) is 112 cm³/mol. The highest BCUT2D eigenvalue weighted by molar-refractivity contribution is 5.85. The summed E-state index contributed by atoms with van der Waals surface area (Å²) in [5.41, 5.74) is 9.06. The van der Waals surface area contributed by atoms with E-state index in [-0.39, 0.29) is 18.3 Å². The normalized spacial score (nSPS) is 14.5. The first-order chi connectivity index (χ1) is 12.7. The van der Waals surface area contributed by atoms with E-state index in [1.807, 2.05) is 41.3 Å². The Labute approximate surface area is 168 Å². The first-order valence-electron chi connectivity index (χ1n) is 9.40. The second-order valence-electron chi connectivity index (χ2n) is 7.04. The van der Waals surface area contributed by atoms with Crippen LogP contribution in [-0.4, -0.2) is 31.0 Å². The molecule has 1 aliphatic heterocycles. The lowest BCUT2D eigenvalue weighted by molar-refractivity contribution is -0.132. The number of carbonyl (C=O) groups excluding carboxylic acids is 1. The molecule has 1 fully saturated rings. The molecule has 2 aromatic rings. The number of halogens is 1. The van der Waals surface area contributed by atoms with Crippen molar-refractivity contribution in [3.05, 3.63) is 59.7 Å². The fourth-order valence-electron chi connectivity index (χ4n) is 3.73. The predicted octanol–water partition coefficient (Wildman–Crippen LogP) is 4.11. The van der Waals surface area contributed by atoms with Crippen molar-refractivity contribution in [3.63, 3.8) is 0 Å². The number of nitrogens with two attached hydrogens (primary N) is 1. The van der Waals surface area contributed by atoms with Gasteiger partial charge in [0.05, 0.1) is 7.11 Å². The minimum Gasteiger partial charge on any atom is -0.496 e. The summed E-state index contributed by atoms with van der Waals surface area (Å²) in [6, 6.07) is 16.0. The minimum absolute atomic E-state index is 0. The number of para-hydroxylation sites is 2. The van der Waals surface area contributed by atoms with Crippen LogP contribution in [0.3, 0.4) is 0 Å². The molecule has 0 spiro atoms. The molecular formula is C22H29ClN2O2. The first kappa shape index (κ1) is 21.1. The lowest BCUT2D eigenvalue weighted by atomic mass is 9.89. The molecule has 27 heavy (non-hydrogen) atoms. The molecule has 0 aliphatic carbocycles. The molecule has 1 saturated heterocycles. The summed E-state index contributed by atoms with van der Waals surface area (Å²) in [6.07, 6.45) is 4.37. The van der Waals surface area contributed by atoms with Gasteiger partial charge in [0.1, 0.15) is 5.75 Å². The highest BCUT2D eigenvalue weighted by Crippen LogP contribution is 2.27. The van der Waals surface area contributed by atoms with E-state index in [0.717, 1.165) is 49.4 Å². The molecule has 146 valence electrons. The Morgan fingerprint density at radius 3 is 2.37 bits per heavy atom. The Morgan fingerprint density at radius 2 is 1.70 bits per heavy atom. The van der Waals surface area contributed by atoms with Gasteiger partial charge in [0, 0.05) is 25.2 Å². The van der Waals surface area contributed by atoms with Crippen LogP contribution < -0.4 is 10.5 Å². The first-order valence-corrected chi connectivity index (χ1v) is 9.40. The van der Waals surface area contributed by atoms with Gasteiger partial charge in [-0.1, -0.05) is 36.4 Å². The molecule has 4 nitrogen and oxygen atoms in total. The molecule has 0 saturated carbocycles. The Balaban J connectivity index is 0.00000261. The van der Waals surface area contributed by atoms with Gasteiger partial charge in [-0.2, -0.15) is 0 Å².